The first-order valence-electron chi connectivity index (χ1n) is 8.98. The van der Waals surface area contributed by atoms with Crippen molar-refractivity contribution in [3.8, 4) is 0 Å². The highest BCUT2D eigenvalue weighted by Gasteiger charge is 2.29. The van der Waals surface area contributed by atoms with Crippen LogP contribution >= 0.6 is 0 Å². The Balaban J connectivity index is 2.00. The van der Waals surface area contributed by atoms with E-state index < -0.39 is 0 Å². The van der Waals surface area contributed by atoms with Gasteiger partial charge in [0.25, 0.3) is 0 Å². The van der Waals surface area contributed by atoms with Crippen molar-refractivity contribution in [2.45, 2.75) is 70.8 Å². The molecule has 21 heavy (non-hydrogen) atoms. The normalized spacial score (nSPS) is 24.7. The second kappa shape index (κ2) is 8.62. The summed E-state index contributed by atoms with van der Waals surface area (Å²) in [6.07, 6.45) is 10.9. The molecule has 0 aromatic carbocycles. The van der Waals surface area contributed by atoms with E-state index in [-0.39, 0.29) is 6.03 Å². The van der Waals surface area contributed by atoms with Crippen LogP contribution in [-0.2, 0) is 0 Å². The average molecular weight is 295 g/mol. The molecule has 0 aromatic heterocycles. The van der Waals surface area contributed by atoms with Crippen LogP contribution in [0.4, 0.5) is 4.79 Å². The number of piperidine rings is 1. The van der Waals surface area contributed by atoms with Crippen LogP contribution < -0.4 is 5.73 Å². The van der Waals surface area contributed by atoms with E-state index in [0.29, 0.717) is 18.5 Å². The van der Waals surface area contributed by atoms with Gasteiger partial charge in [-0.15, -0.1) is 0 Å². The van der Waals surface area contributed by atoms with Crippen molar-refractivity contribution in [2.24, 2.45) is 11.7 Å². The highest BCUT2D eigenvalue weighted by molar-refractivity contribution is 5.75. The third-order valence-corrected chi connectivity index (χ3v) is 5.04. The summed E-state index contributed by atoms with van der Waals surface area (Å²) in [6.45, 7) is 5.65. The SMILES string of the molecule is CC1CCCN(C(=O)N(CCCN)C2CCCCCC2)C1. The lowest BCUT2D eigenvalue weighted by Crippen LogP contribution is -2.51. The molecule has 1 saturated carbocycles. The molecule has 2 N–H and O–H groups in total. The second-order valence-corrected chi connectivity index (χ2v) is 6.96. The zero-order chi connectivity index (χ0) is 15.1. The number of carbonyl (C=O) groups excluding carboxylic acids is 1. The maximum absolute atomic E-state index is 13.0. The van der Waals surface area contributed by atoms with Gasteiger partial charge in [-0.3, -0.25) is 0 Å². The fourth-order valence-electron chi connectivity index (χ4n) is 3.81. The number of urea groups is 1. The topological polar surface area (TPSA) is 49.6 Å². The number of hydrogen-bond donors (Lipinski definition) is 1. The molecule has 1 atom stereocenters. The van der Waals surface area contributed by atoms with Crippen LogP contribution in [0, 0.1) is 5.92 Å². The number of likely N-dealkylation sites (tertiary alicyclic amines) is 1. The lowest BCUT2D eigenvalue weighted by molar-refractivity contribution is 0.110. The second-order valence-electron chi connectivity index (χ2n) is 6.96. The van der Waals surface area contributed by atoms with Crippen LogP contribution in [0.3, 0.4) is 0 Å². The molecule has 1 unspecified atom stereocenters. The van der Waals surface area contributed by atoms with Crippen molar-refractivity contribution in [1.29, 1.82) is 0 Å². The minimum Gasteiger partial charge on any atom is -0.330 e. The third-order valence-electron chi connectivity index (χ3n) is 5.04. The summed E-state index contributed by atoms with van der Waals surface area (Å²) >= 11 is 0. The summed E-state index contributed by atoms with van der Waals surface area (Å²) in [5.74, 6) is 0.646. The van der Waals surface area contributed by atoms with Gasteiger partial charge >= 0.3 is 6.03 Å². The number of carbonyl (C=O) groups is 1. The van der Waals surface area contributed by atoms with Gasteiger partial charge in [0.05, 0.1) is 0 Å². The number of amides is 2. The average Bonchev–Trinajstić information content (AvgIpc) is 2.77. The zero-order valence-corrected chi connectivity index (χ0v) is 13.7. The molecular formula is C17H33N3O. The molecule has 1 aliphatic carbocycles. The lowest BCUT2D eigenvalue weighted by atomic mass is 10.0. The first-order valence-corrected chi connectivity index (χ1v) is 8.98. The van der Waals surface area contributed by atoms with Gasteiger partial charge in [0.15, 0.2) is 0 Å². The summed E-state index contributed by atoms with van der Waals surface area (Å²) in [7, 11) is 0. The number of hydrogen-bond acceptors (Lipinski definition) is 2. The molecule has 1 saturated heterocycles. The Morgan fingerprint density at radius 2 is 1.86 bits per heavy atom. The number of nitrogens with zero attached hydrogens (tertiary/aromatic N) is 2. The Kier molecular flexibility index (Phi) is 6.81. The molecule has 0 aromatic rings. The van der Waals surface area contributed by atoms with Gasteiger partial charge in [-0.25, -0.2) is 4.79 Å². The van der Waals surface area contributed by atoms with E-state index in [1.54, 1.807) is 0 Å². The Morgan fingerprint density at radius 3 is 2.48 bits per heavy atom. The molecule has 4 nitrogen and oxygen atoms in total. The molecule has 122 valence electrons. The Morgan fingerprint density at radius 1 is 1.14 bits per heavy atom. The van der Waals surface area contributed by atoms with E-state index in [4.69, 9.17) is 5.73 Å². The molecule has 0 spiro atoms. The Hall–Kier alpha value is -0.770. The smallest absolute Gasteiger partial charge is 0.320 e. The summed E-state index contributed by atoms with van der Waals surface area (Å²) in [6, 6.07) is 0.727. The summed E-state index contributed by atoms with van der Waals surface area (Å²) in [5, 5.41) is 0. The van der Waals surface area contributed by atoms with Gasteiger partial charge in [-0.1, -0.05) is 32.6 Å². The third kappa shape index (κ3) is 4.87. The number of nitrogens with two attached hydrogens (primary N) is 1. The van der Waals surface area contributed by atoms with Crippen LogP contribution in [0.15, 0.2) is 0 Å². The fourth-order valence-corrected chi connectivity index (χ4v) is 3.81. The van der Waals surface area contributed by atoms with Gasteiger partial charge in [-0.2, -0.15) is 0 Å². The van der Waals surface area contributed by atoms with Crippen LogP contribution in [0.1, 0.15) is 64.7 Å². The molecule has 0 radical (unpaired) electrons. The molecule has 2 aliphatic rings. The Labute approximate surface area is 130 Å². The van der Waals surface area contributed by atoms with Gasteiger partial charge < -0.3 is 15.5 Å². The largest absolute Gasteiger partial charge is 0.330 e. The summed E-state index contributed by atoms with van der Waals surface area (Å²) in [4.78, 5) is 17.2. The monoisotopic (exact) mass is 295 g/mol. The molecule has 2 amide bonds. The van der Waals surface area contributed by atoms with Crippen LogP contribution in [0.5, 0.6) is 0 Å². The molecule has 0 bridgehead atoms. The number of rotatable bonds is 4. The van der Waals surface area contributed by atoms with Gasteiger partial charge in [0.2, 0.25) is 0 Å². The van der Waals surface area contributed by atoms with E-state index in [1.165, 1.54) is 44.9 Å². The molecular weight excluding hydrogens is 262 g/mol. The van der Waals surface area contributed by atoms with Crippen LogP contribution in [-0.4, -0.2) is 48.1 Å². The van der Waals surface area contributed by atoms with Crippen molar-refractivity contribution >= 4 is 6.03 Å². The van der Waals surface area contributed by atoms with E-state index in [0.717, 1.165) is 32.5 Å². The van der Waals surface area contributed by atoms with Gasteiger partial charge in [0.1, 0.15) is 0 Å². The lowest BCUT2D eigenvalue weighted by Gasteiger charge is -2.39. The molecule has 2 rings (SSSR count). The van der Waals surface area contributed by atoms with Crippen LogP contribution in [0.25, 0.3) is 0 Å². The fraction of sp³-hybridized carbons (Fsp3) is 0.941. The van der Waals surface area contributed by atoms with E-state index in [9.17, 15) is 4.79 Å². The van der Waals surface area contributed by atoms with Crippen molar-refractivity contribution in [2.75, 3.05) is 26.2 Å². The predicted molar refractivity (Wildman–Crippen MR) is 87.2 cm³/mol. The highest BCUT2D eigenvalue weighted by atomic mass is 16.2. The first kappa shape index (κ1) is 16.6. The first-order chi connectivity index (χ1) is 10.2. The molecule has 4 heteroatoms. The van der Waals surface area contributed by atoms with Gasteiger partial charge in [-0.05, 0) is 44.6 Å². The zero-order valence-electron chi connectivity index (χ0n) is 13.7. The van der Waals surface area contributed by atoms with Crippen molar-refractivity contribution < 1.29 is 4.79 Å². The Bertz CT molecular complexity index is 313. The van der Waals surface area contributed by atoms with Crippen molar-refractivity contribution in [3.63, 3.8) is 0 Å². The van der Waals surface area contributed by atoms with Crippen molar-refractivity contribution in [3.05, 3.63) is 0 Å². The molecule has 1 heterocycles. The minimum absolute atomic E-state index is 0.280. The van der Waals surface area contributed by atoms with Crippen molar-refractivity contribution in [1.82, 2.24) is 9.80 Å². The minimum atomic E-state index is 0.280. The van der Waals surface area contributed by atoms with E-state index in [1.807, 2.05) is 0 Å². The predicted octanol–water partition coefficient (Wildman–Crippen LogP) is 3.21. The molecule has 2 fully saturated rings. The van der Waals surface area contributed by atoms with E-state index in [2.05, 4.69) is 16.7 Å². The quantitative estimate of drug-likeness (QED) is 0.810. The highest BCUT2D eigenvalue weighted by Crippen LogP contribution is 2.25. The standard InChI is InChI=1S/C17H33N3O/c1-15-8-6-12-19(14-15)17(21)20(13-7-11-18)16-9-4-2-3-5-10-16/h15-16H,2-14,18H2,1H3. The summed E-state index contributed by atoms with van der Waals surface area (Å²) < 4.78 is 0. The molecule has 1 aliphatic heterocycles. The maximum Gasteiger partial charge on any atom is 0.320 e. The van der Waals surface area contributed by atoms with Gasteiger partial charge in [0, 0.05) is 25.7 Å². The maximum atomic E-state index is 13.0. The van der Waals surface area contributed by atoms with Crippen LogP contribution in [0.2, 0.25) is 0 Å². The summed E-state index contributed by atoms with van der Waals surface area (Å²) in [5.41, 5.74) is 5.69. The van der Waals surface area contributed by atoms with E-state index >= 15 is 0 Å².